The summed E-state index contributed by atoms with van der Waals surface area (Å²) >= 11 is 0. The molecule has 0 spiro atoms. The van der Waals surface area contributed by atoms with Gasteiger partial charge in [0.25, 0.3) is 40.5 Å². The minimum Gasteiger partial charge on any atom is -0.507 e. The zero-order valence-corrected chi connectivity index (χ0v) is 55.9. The summed E-state index contributed by atoms with van der Waals surface area (Å²) < 4.78 is 147. The smallest absolute Gasteiger partial charge is 0.321 e. The van der Waals surface area contributed by atoms with Gasteiger partial charge in [0.05, 0.1) is 69.7 Å². The molecule has 0 radical (unpaired) electrons. The van der Waals surface area contributed by atoms with Crippen molar-refractivity contribution in [3.63, 3.8) is 0 Å². The Balaban J connectivity index is 1.55. The number of phenols is 8. The number of hydrogen-bond acceptors (Lipinski definition) is 28. The van der Waals surface area contributed by atoms with E-state index in [0.29, 0.717) is 0 Å². The van der Waals surface area contributed by atoms with Gasteiger partial charge in [-0.15, -0.1) is 0 Å². The number of aliphatic hydroxyl groups excluding tert-OH is 4. The van der Waals surface area contributed by atoms with Crippen LogP contribution in [0.2, 0.25) is 0 Å². The first kappa shape index (κ1) is 76.7. The Labute approximate surface area is 570 Å². The highest BCUT2D eigenvalue weighted by molar-refractivity contribution is 7.86. The average molecular weight is 1490 g/mol. The molecule has 4 fully saturated rings. The normalized spacial score (nSPS) is 25.8. The molecule has 0 unspecified atom stereocenters. The zero-order chi connectivity index (χ0) is 74.1. The van der Waals surface area contributed by atoms with Crippen molar-refractivity contribution in [3.05, 3.63) is 91.0 Å². The molecule has 20 N–H and O–H groups in total. The van der Waals surface area contributed by atoms with Crippen LogP contribution in [0.1, 0.15) is 142 Å². The van der Waals surface area contributed by atoms with Crippen LogP contribution in [0, 0.1) is 0 Å². The second-order valence-corrected chi connectivity index (χ2v) is 32.4. The monoisotopic (exact) mass is 1490 g/mol. The van der Waals surface area contributed by atoms with E-state index in [2.05, 4.69) is 0 Å². The van der Waals surface area contributed by atoms with Gasteiger partial charge in [-0.2, -0.15) is 33.7 Å². The van der Waals surface area contributed by atoms with Gasteiger partial charge in [-0.05, 0) is 49.9 Å². The van der Waals surface area contributed by atoms with Gasteiger partial charge in [0.1, 0.15) is 70.2 Å². The second-order valence-electron chi connectivity index (χ2n) is 26.1. The highest BCUT2D eigenvalue weighted by atomic mass is 32.2. The van der Waals surface area contributed by atoms with Crippen molar-refractivity contribution in [1.29, 1.82) is 0 Å². The molecule has 4 aromatic rings. The zero-order valence-electron chi connectivity index (χ0n) is 52.6. The van der Waals surface area contributed by atoms with Gasteiger partial charge in [0, 0.05) is 146 Å². The molecular formula is C60H76N4O32S4. The van der Waals surface area contributed by atoms with Gasteiger partial charge in [0.15, 0.2) is 0 Å². The molecular weight excluding hydrogens is 1420 g/mol. The molecule has 4 aromatic carbocycles. The van der Waals surface area contributed by atoms with Crippen molar-refractivity contribution in [2.24, 2.45) is 0 Å². The SMILES string of the molecule is O=C(O)[C@@H]1C[C@@H](O)CN1Cc1c(O)c2cc(c1O)C(CCS(=O)(=O)O)c1cc(c(O)c(CN3C[C@H](O)C[C@H]3C(=O)O)c1O)C(CCS(=O)(=O)O)c1cc(c(O)c(CN3C[C@H](O)C[C@H]3C(=O)O)c1O)C(CCS(=O)(=O)O)c1cc(c(O)c(CN3C[C@H](O)C[C@H]3C(=O)O)c1O)C2CCS(=O)(=O)O. The summed E-state index contributed by atoms with van der Waals surface area (Å²) in [4.78, 5) is 55.4. The first-order valence-electron chi connectivity index (χ1n) is 31.0. The quantitative estimate of drug-likeness (QED) is 0.0388. The summed E-state index contributed by atoms with van der Waals surface area (Å²) in [6, 6.07) is -3.45. The number of fused-ring (bicyclic) bond motifs is 8. The lowest BCUT2D eigenvalue weighted by Crippen LogP contribution is -2.35. The van der Waals surface area contributed by atoms with Crippen LogP contribution in [0.25, 0.3) is 0 Å². The van der Waals surface area contributed by atoms with Gasteiger partial charge in [0.2, 0.25) is 0 Å². The third-order valence-corrected chi connectivity index (χ3v) is 22.5. The lowest BCUT2D eigenvalue weighted by Gasteiger charge is -2.33. The molecule has 4 saturated heterocycles. The lowest BCUT2D eigenvalue weighted by atomic mass is 9.75. The van der Waals surface area contributed by atoms with Gasteiger partial charge < -0.3 is 81.7 Å². The number of nitrogens with zero attached hydrogens (tertiary/aromatic N) is 4. The summed E-state index contributed by atoms with van der Waals surface area (Å²) in [6.45, 7) is -6.10. The number of β-amino-alcohol motifs (C(OH)–C–C–N with tert-alkyl or cyclic N) is 4. The van der Waals surface area contributed by atoms with E-state index in [-0.39, 0.29) is 0 Å². The molecule has 0 amide bonds. The fourth-order valence-corrected chi connectivity index (χ4v) is 17.0. The van der Waals surface area contributed by atoms with Gasteiger partial charge in [-0.1, -0.05) is 0 Å². The fourth-order valence-electron chi connectivity index (χ4n) is 14.8. The van der Waals surface area contributed by atoms with E-state index in [9.17, 15) is 153 Å². The highest BCUT2D eigenvalue weighted by Gasteiger charge is 2.45. The minimum absolute atomic E-state index is 0.499. The number of carboxylic acids is 4. The molecule has 0 aromatic heterocycles. The Morgan fingerprint density at radius 1 is 0.310 bits per heavy atom. The number of phenolic OH excluding ortho intramolecular Hbond substituents is 8. The topological polar surface area (TPSA) is 622 Å². The number of aliphatic hydroxyl groups is 4. The number of aliphatic carboxylic acids is 4. The largest absolute Gasteiger partial charge is 0.507 e. The summed E-state index contributed by atoms with van der Waals surface area (Å²) in [5.41, 5.74) is -9.29. The molecule has 1 aliphatic carbocycles. The van der Waals surface area contributed by atoms with Crippen LogP contribution < -0.4 is 0 Å². The van der Waals surface area contributed by atoms with E-state index in [0.717, 1.165) is 43.9 Å². The van der Waals surface area contributed by atoms with Crippen molar-refractivity contribution in [2.75, 3.05) is 49.2 Å². The van der Waals surface area contributed by atoms with Gasteiger partial charge >= 0.3 is 23.9 Å². The van der Waals surface area contributed by atoms with Crippen LogP contribution in [-0.4, -0.2) is 275 Å². The molecule has 5 aliphatic rings. The van der Waals surface area contributed by atoms with Crippen LogP contribution in [0.5, 0.6) is 46.0 Å². The second kappa shape index (κ2) is 29.1. The number of hydrogen-bond donors (Lipinski definition) is 20. The first-order chi connectivity index (χ1) is 46.3. The summed E-state index contributed by atoms with van der Waals surface area (Å²) in [5.74, 6) is -30.1. The predicted molar refractivity (Wildman–Crippen MR) is 340 cm³/mol. The average Bonchev–Trinajstić information content (AvgIpc) is 1.01. The molecule has 100 heavy (non-hydrogen) atoms. The van der Waals surface area contributed by atoms with E-state index in [1.165, 1.54) is 0 Å². The molecule has 8 bridgehead atoms. The maximum absolute atomic E-state index is 13.1. The minimum atomic E-state index is -5.30. The van der Waals surface area contributed by atoms with Gasteiger partial charge in [-0.25, -0.2) is 0 Å². The third-order valence-electron chi connectivity index (χ3n) is 19.5. The lowest BCUT2D eigenvalue weighted by molar-refractivity contribution is -0.143. The van der Waals surface area contributed by atoms with Crippen LogP contribution in [0.3, 0.4) is 0 Å². The Morgan fingerprint density at radius 2 is 0.460 bits per heavy atom. The summed E-state index contributed by atoms with van der Waals surface area (Å²) in [7, 11) is -21.2. The number of carboxylic acid groups (broad SMARTS) is 4. The number of benzene rings is 4. The Hall–Kier alpha value is -7.52. The Kier molecular flexibility index (Phi) is 22.3. The van der Waals surface area contributed by atoms with Crippen LogP contribution >= 0.6 is 0 Å². The molecule has 36 nitrogen and oxygen atoms in total. The van der Waals surface area contributed by atoms with Gasteiger partial charge in [-0.3, -0.25) is 57.0 Å². The van der Waals surface area contributed by atoms with Crippen LogP contribution in [0.4, 0.5) is 0 Å². The number of rotatable bonds is 24. The van der Waals surface area contributed by atoms with E-state index in [1.54, 1.807) is 0 Å². The standard InChI is InChI=1S/C60H76N4O32S4/c65-25-9-45(57(77)78)61(17-25)21-41-49(69)33-13-35(51(41)71)30(2-6-98(88,89)90)37-15-39(55(75)43(53(37)73)23-63-19-27(67)11-47(63)59(81)82)32(4-8-100(94,95)96)40-16-38(54(74)44(56(40)76)24-64-20-28(68)12-48(64)60(83)84)31(3-7-99(91,92)93)36-14-34(29(33)1-5-97(85,86)87)50(70)42(52(36)72)22-62-18-26(66)10-46(62)58(79)80/h13-16,25-32,45-48,65-76H,1-12,17-24H2,(H,77,78)(H,79,80)(H,81,82)(H,83,84)(H,85,86,87)(H,88,89,90)(H,91,92,93)(H,94,95,96)/t25-,26-,27-,28-,29?,30?,31?,32?,45+,46+,47+,48+/m1/s1. The maximum Gasteiger partial charge on any atom is 0.321 e. The third kappa shape index (κ3) is 16.7. The molecule has 4 heterocycles. The first-order valence-corrected chi connectivity index (χ1v) is 37.5. The predicted octanol–water partition coefficient (Wildman–Crippen LogP) is -0.637. The Bertz CT molecular complexity index is 3720. The highest BCUT2D eigenvalue weighted by Crippen LogP contribution is 2.57. The van der Waals surface area contributed by atoms with Crippen molar-refractivity contribution in [2.45, 2.75) is 150 Å². The maximum atomic E-state index is 13.1. The van der Waals surface area contributed by atoms with Crippen molar-refractivity contribution in [3.8, 4) is 46.0 Å². The summed E-state index contributed by atoms with van der Waals surface area (Å²) in [6.07, 6.45) is -12.2. The number of likely N-dealkylation sites (tertiary alicyclic amines) is 4. The summed E-state index contributed by atoms with van der Waals surface area (Å²) in [5, 5.41) is 189. The molecule has 40 heteroatoms. The van der Waals surface area contributed by atoms with E-state index < -0.39 is 376 Å². The molecule has 0 saturated carbocycles. The fraction of sp³-hybridized carbons (Fsp3) is 0.533. The number of carbonyl (C=O) groups is 4. The Morgan fingerprint density at radius 3 is 0.590 bits per heavy atom. The van der Waals surface area contributed by atoms with Crippen LogP contribution in [0.15, 0.2) is 24.3 Å². The molecule has 552 valence electrons. The van der Waals surface area contributed by atoms with Crippen molar-refractivity contribution >= 4 is 64.3 Å². The molecule has 4 aliphatic heterocycles. The van der Waals surface area contributed by atoms with E-state index in [4.69, 9.17) is 0 Å². The van der Waals surface area contributed by atoms with E-state index in [1.807, 2.05) is 0 Å². The van der Waals surface area contributed by atoms with E-state index >= 15 is 0 Å². The van der Waals surface area contributed by atoms with Crippen molar-refractivity contribution < 1.29 is 153 Å². The number of aromatic hydroxyl groups is 8. The molecule has 9 rings (SSSR count). The molecule has 8 atom stereocenters. The van der Waals surface area contributed by atoms with Crippen molar-refractivity contribution in [1.82, 2.24) is 19.6 Å². The van der Waals surface area contributed by atoms with Crippen LogP contribution in [-0.2, 0) is 85.8 Å².